The number of rotatable bonds is 2. The molecule has 2 nitrogen and oxygen atoms in total. The number of nitrogens with zero attached hydrogens (tertiary/aromatic N) is 1. The standard InChI is InChI=1S/C9H11FN2/c1-7(12-6-11)8-2-4-9(10)5-3-8/h2-7H,1H3,(H2,11,12). The number of nitrogens with two attached hydrogens (primary N) is 1. The summed E-state index contributed by atoms with van der Waals surface area (Å²) in [6.07, 6.45) is 1.26. The number of hydrogen-bond acceptors (Lipinski definition) is 1. The molecule has 1 aromatic rings. The van der Waals surface area contributed by atoms with Crippen LogP contribution in [0.5, 0.6) is 0 Å². The molecular weight excluding hydrogens is 155 g/mol. The molecule has 1 atom stereocenters. The van der Waals surface area contributed by atoms with Gasteiger partial charge in [-0.15, -0.1) is 0 Å². The van der Waals surface area contributed by atoms with Crippen molar-refractivity contribution in [3.05, 3.63) is 35.6 Å². The van der Waals surface area contributed by atoms with Gasteiger partial charge in [0.2, 0.25) is 0 Å². The molecule has 1 rings (SSSR count). The van der Waals surface area contributed by atoms with E-state index in [0.29, 0.717) is 0 Å². The third-order valence-corrected chi connectivity index (χ3v) is 1.66. The van der Waals surface area contributed by atoms with Crippen molar-refractivity contribution in [3.8, 4) is 0 Å². The molecule has 0 saturated carbocycles. The van der Waals surface area contributed by atoms with Gasteiger partial charge in [0.05, 0.1) is 12.4 Å². The molecule has 0 saturated heterocycles. The van der Waals surface area contributed by atoms with Crippen molar-refractivity contribution >= 4 is 6.34 Å². The van der Waals surface area contributed by atoms with Gasteiger partial charge in [0.15, 0.2) is 0 Å². The second kappa shape index (κ2) is 3.85. The smallest absolute Gasteiger partial charge is 0.123 e. The van der Waals surface area contributed by atoms with E-state index in [1.54, 1.807) is 12.1 Å². The van der Waals surface area contributed by atoms with Crippen molar-refractivity contribution in [1.29, 1.82) is 0 Å². The minimum atomic E-state index is -0.234. The highest BCUT2D eigenvalue weighted by molar-refractivity contribution is 5.51. The maximum atomic E-state index is 12.5. The van der Waals surface area contributed by atoms with Gasteiger partial charge in [0, 0.05) is 0 Å². The summed E-state index contributed by atoms with van der Waals surface area (Å²) >= 11 is 0. The number of aliphatic imine (C=N–C) groups is 1. The zero-order valence-corrected chi connectivity index (χ0v) is 6.87. The lowest BCUT2D eigenvalue weighted by atomic mass is 10.1. The zero-order valence-electron chi connectivity index (χ0n) is 6.87. The van der Waals surface area contributed by atoms with Crippen LogP contribution in [-0.2, 0) is 0 Å². The predicted octanol–water partition coefficient (Wildman–Crippen LogP) is 1.87. The van der Waals surface area contributed by atoms with Gasteiger partial charge < -0.3 is 5.73 Å². The molecule has 1 aromatic carbocycles. The molecule has 0 aliphatic carbocycles. The van der Waals surface area contributed by atoms with Crippen LogP contribution in [0.2, 0.25) is 0 Å². The Labute approximate surface area is 70.9 Å². The van der Waals surface area contributed by atoms with Crippen molar-refractivity contribution < 1.29 is 4.39 Å². The Bertz CT molecular complexity index is 266. The molecular formula is C9H11FN2. The van der Waals surface area contributed by atoms with E-state index in [-0.39, 0.29) is 11.9 Å². The van der Waals surface area contributed by atoms with Crippen LogP contribution in [0.4, 0.5) is 4.39 Å². The molecule has 0 radical (unpaired) electrons. The van der Waals surface area contributed by atoms with Gasteiger partial charge in [0.1, 0.15) is 5.82 Å². The number of hydrogen-bond donors (Lipinski definition) is 1. The first-order valence-electron chi connectivity index (χ1n) is 3.73. The molecule has 64 valence electrons. The molecule has 0 aliphatic rings. The van der Waals surface area contributed by atoms with E-state index >= 15 is 0 Å². The SMILES string of the molecule is CC(N=CN)c1ccc(F)cc1. The summed E-state index contributed by atoms with van der Waals surface area (Å²) in [6.45, 7) is 1.90. The van der Waals surface area contributed by atoms with E-state index in [4.69, 9.17) is 5.73 Å². The first-order chi connectivity index (χ1) is 5.74. The summed E-state index contributed by atoms with van der Waals surface area (Å²) in [7, 11) is 0. The number of benzene rings is 1. The van der Waals surface area contributed by atoms with Crippen LogP contribution < -0.4 is 5.73 Å². The Morgan fingerprint density at radius 1 is 1.42 bits per heavy atom. The van der Waals surface area contributed by atoms with Crippen molar-refractivity contribution in [2.75, 3.05) is 0 Å². The van der Waals surface area contributed by atoms with Gasteiger partial charge >= 0.3 is 0 Å². The first kappa shape index (κ1) is 8.71. The fourth-order valence-corrected chi connectivity index (χ4v) is 0.956. The van der Waals surface area contributed by atoms with Gasteiger partial charge in [-0.3, -0.25) is 4.99 Å². The highest BCUT2D eigenvalue weighted by atomic mass is 19.1. The third kappa shape index (κ3) is 2.05. The lowest BCUT2D eigenvalue weighted by Gasteiger charge is -2.04. The third-order valence-electron chi connectivity index (χ3n) is 1.66. The van der Waals surface area contributed by atoms with Crippen molar-refractivity contribution in [1.82, 2.24) is 0 Å². The molecule has 0 fully saturated rings. The van der Waals surface area contributed by atoms with E-state index in [1.807, 2.05) is 6.92 Å². The first-order valence-corrected chi connectivity index (χ1v) is 3.73. The average Bonchev–Trinajstić information content (AvgIpc) is 2.06. The molecule has 0 aromatic heterocycles. The van der Waals surface area contributed by atoms with Crippen LogP contribution in [-0.4, -0.2) is 6.34 Å². The monoisotopic (exact) mass is 166 g/mol. The summed E-state index contributed by atoms with van der Waals surface area (Å²) in [5.74, 6) is -0.234. The molecule has 3 heteroatoms. The van der Waals surface area contributed by atoms with E-state index < -0.39 is 0 Å². The maximum absolute atomic E-state index is 12.5. The Balaban J connectivity index is 2.82. The van der Waals surface area contributed by atoms with Gasteiger partial charge in [-0.25, -0.2) is 4.39 Å². The van der Waals surface area contributed by atoms with Gasteiger partial charge in [0.25, 0.3) is 0 Å². The molecule has 1 unspecified atom stereocenters. The largest absolute Gasteiger partial charge is 0.390 e. The highest BCUT2D eigenvalue weighted by Crippen LogP contribution is 2.15. The minimum absolute atomic E-state index is 0.00407. The van der Waals surface area contributed by atoms with Crippen molar-refractivity contribution in [3.63, 3.8) is 0 Å². The minimum Gasteiger partial charge on any atom is -0.390 e. The zero-order chi connectivity index (χ0) is 8.97. The summed E-state index contributed by atoms with van der Waals surface area (Å²) < 4.78 is 12.5. The summed E-state index contributed by atoms with van der Waals surface area (Å²) in [5.41, 5.74) is 6.09. The Morgan fingerprint density at radius 2 is 2.00 bits per heavy atom. The second-order valence-electron chi connectivity index (χ2n) is 2.53. The Hall–Kier alpha value is -1.38. The fourth-order valence-electron chi connectivity index (χ4n) is 0.956. The lowest BCUT2D eigenvalue weighted by Crippen LogP contribution is -1.95. The molecule has 0 bridgehead atoms. The van der Waals surface area contributed by atoms with Crippen LogP contribution in [0.25, 0.3) is 0 Å². The van der Waals surface area contributed by atoms with Crippen molar-refractivity contribution in [2.45, 2.75) is 13.0 Å². The van der Waals surface area contributed by atoms with Gasteiger partial charge in [-0.05, 0) is 24.6 Å². The average molecular weight is 166 g/mol. The highest BCUT2D eigenvalue weighted by Gasteiger charge is 2.00. The predicted molar refractivity (Wildman–Crippen MR) is 47.5 cm³/mol. The Morgan fingerprint density at radius 3 is 2.50 bits per heavy atom. The Kier molecular flexibility index (Phi) is 2.80. The molecule has 12 heavy (non-hydrogen) atoms. The maximum Gasteiger partial charge on any atom is 0.123 e. The van der Waals surface area contributed by atoms with Gasteiger partial charge in [-0.2, -0.15) is 0 Å². The number of halogens is 1. The molecule has 0 aliphatic heterocycles. The summed E-state index contributed by atoms with van der Waals surface area (Å²) in [5, 5.41) is 0. The van der Waals surface area contributed by atoms with Crippen LogP contribution >= 0.6 is 0 Å². The van der Waals surface area contributed by atoms with Crippen LogP contribution in [0.1, 0.15) is 18.5 Å². The van der Waals surface area contributed by atoms with Crippen molar-refractivity contribution in [2.24, 2.45) is 10.7 Å². The molecule has 0 heterocycles. The molecule has 0 amide bonds. The van der Waals surface area contributed by atoms with Crippen LogP contribution in [0.15, 0.2) is 29.3 Å². The van der Waals surface area contributed by atoms with E-state index in [9.17, 15) is 4.39 Å². The summed E-state index contributed by atoms with van der Waals surface area (Å²) in [4.78, 5) is 3.95. The fraction of sp³-hybridized carbons (Fsp3) is 0.222. The normalized spacial score (nSPS) is 13.5. The summed E-state index contributed by atoms with van der Waals surface area (Å²) in [6, 6.07) is 6.23. The topological polar surface area (TPSA) is 38.4 Å². The van der Waals surface area contributed by atoms with Gasteiger partial charge in [-0.1, -0.05) is 12.1 Å². The lowest BCUT2D eigenvalue weighted by molar-refractivity contribution is 0.626. The quantitative estimate of drug-likeness (QED) is 0.528. The second-order valence-corrected chi connectivity index (χ2v) is 2.53. The molecule has 2 N–H and O–H groups in total. The van der Waals surface area contributed by atoms with E-state index in [2.05, 4.69) is 4.99 Å². The van der Waals surface area contributed by atoms with Crippen LogP contribution in [0.3, 0.4) is 0 Å². The van der Waals surface area contributed by atoms with E-state index in [0.717, 1.165) is 5.56 Å². The van der Waals surface area contributed by atoms with E-state index in [1.165, 1.54) is 18.5 Å². The van der Waals surface area contributed by atoms with Crippen LogP contribution in [0, 0.1) is 5.82 Å². The molecule has 0 spiro atoms.